The topological polar surface area (TPSA) is 34.1 Å². The molecule has 0 unspecified atom stereocenters. The number of aryl methyl sites for hydroxylation is 1. The predicted molar refractivity (Wildman–Crippen MR) is 74.8 cm³/mol. The van der Waals surface area contributed by atoms with Crippen molar-refractivity contribution in [2.24, 2.45) is 0 Å². The van der Waals surface area contributed by atoms with E-state index in [0.29, 0.717) is 6.04 Å². The second-order valence-electron chi connectivity index (χ2n) is 4.27. The third-order valence-electron chi connectivity index (χ3n) is 2.29. The Morgan fingerprint density at radius 3 is 2.82 bits per heavy atom. The average Bonchev–Trinajstić information content (AvgIpc) is 2.29. The molecule has 0 aliphatic rings. The molecule has 0 bridgehead atoms. The predicted octanol–water partition coefficient (Wildman–Crippen LogP) is 2.63. The zero-order valence-corrected chi connectivity index (χ0v) is 11.9. The minimum atomic E-state index is 0.455. The normalized spacial score (nSPS) is 10.9. The van der Waals surface area contributed by atoms with Crippen LogP contribution in [0.3, 0.4) is 0 Å². The van der Waals surface area contributed by atoms with Gasteiger partial charge in [0.1, 0.15) is 5.75 Å². The lowest BCUT2D eigenvalue weighted by Gasteiger charge is -2.13. The van der Waals surface area contributed by atoms with Crippen LogP contribution in [0.5, 0.6) is 5.75 Å². The van der Waals surface area contributed by atoms with Crippen molar-refractivity contribution in [1.82, 2.24) is 10.3 Å². The maximum absolute atomic E-state index is 5.74. The molecule has 0 saturated carbocycles. The fourth-order valence-corrected chi connectivity index (χ4v) is 1.64. The monoisotopic (exact) mass is 254 g/mol. The molecule has 1 rings (SSSR count). The lowest BCUT2D eigenvalue weighted by atomic mass is 10.2. The van der Waals surface area contributed by atoms with E-state index >= 15 is 0 Å². The summed E-state index contributed by atoms with van der Waals surface area (Å²) in [5, 5.41) is 3.37. The molecule has 0 radical (unpaired) electrons. The molecule has 0 amide bonds. The van der Waals surface area contributed by atoms with Gasteiger partial charge in [-0.1, -0.05) is 13.8 Å². The fourth-order valence-electron chi connectivity index (χ4n) is 1.39. The lowest BCUT2D eigenvalue weighted by molar-refractivity contribution is 0.336. The molecular weight excluding hydrogens is 232 g/mol. The van der Waals surface area contributed by atoms with Crippen LogP contribution >= 0.6 is 11.8 Å². The number of pyridine rings is 1. The van der Waals surface area contributed by atoms with Crippen LogP contribution in [0.25, 0.3) is 0 Å². The first-order chi connectivity index (χ1) is 8.13. The van der Waals surface area contributed by atoms with Crippen molar-refractivity contribution in [2.45, 2.75) is 33.4 Å². The van der Waals surface area contributed by atoms with E-state index in [9.17, 15) is 0 Å². The van der Waals surface area contributed by atoms with E-state index in [0.717, 1.165) is 36.0 Å². The van der Waals surface area contributed by atoms with Gasteiger partial charge < -0.3 is 10.1 Å². The van der Waals surface area contributed by atoms with Gasteiger partial charge in [-0.2, -0.15) is 11.8 Å². The Morgan fingerprint density at radius 1 is 1.41 bits per heavy atom. The molecule has 0 fully saturated rings. The molecule has 3 nitrogen and oxygen atoms in total. The van der Waals surface area contributed by atoms with Crippen LogP contribution < -0.4 is 10.1 Å². The molecule has 0 aliphatic heterocycles. The SMILES string of the molecule is CSCCOc1ccc(C)nc1CNC(C)C. The molecule has 96 valence electrons. The number of aromatic nitrogens is 1. The summed E-state index contributed by atoms with van der Waals surface area (Å²) in [4.78, 5) is 4.53. The first-order valence-electron chi connectivity index (χ1n) is 5.95. The maximum atomic E-state index is 5.74. The van der Waals surface area contributed by atoms with Gasteiger partial charge in [0.15, 0.2) is 0 Å². The van der Waals surface area contributed by atoms with Crippen LogP contribution in [-0.4, -0.2) is 29.6 Å². The van der Waals surface area contributed by atoms with Gasteiger partial charge in [-0.15, -0.1) is 0 Å². The first kappa shape index (κ1) is 14.3. The van der Waals surface area contributed by atoms with Crippen molar-refractivity contribution in [3.63, 3.8) is 0 Å². The number of nitrogens with one attached hydrogen (secondary N) is 1. The highest BCUT2D eigenvalue weighted by molar-refractivity contribution is 7.98. The first-order valence-corrected chi connectivity index (χ1v) is 7.34. The minimum Gasteiger partial charge on any atom is -0.491 e. The molecule has 1 aromatic rings. The average molecular weight is 254 g/mol. The number of nitrogens with zero attached hydrogens (tertiary/aromatic N) is 1. The van der Waals surface area contributed by atoms with Gasteiger partial charge in [0.25, 0.3) is 0 Å². The Morgan fingerprint density at radius 2 is 2.18 bits per heavy atom. The third-order valence-corrected chi connectivity index (χ3v) is 2.87. The van der Waals surface area contributed by atoms with Crippen molar-refractivity contribution in [3.8, 4) is 5.75 Å². The summed E-state index contributed by atoms with van der Waals surface area (Å²) < 4.78 is 5.74. The van der Waals surface area contributed by atoms with Gasteiger partial charge in [0.2, 0.25) is 0 Å². The summed E-state index contributed by atoms with van der Waals surface area (Å²) in [6.07, 6.45) is 2.08. The van der Waals surface area contributed by atoms with Crippen molar-refractivity contribution in [3.05, 3.63) is 23.5 Å². The summed E-state index contributed by atoms with van der Waals surface area (Å²) in [5.74, 6) is 1.91. The van der Waals surface area contributed by atoms with Crippen LogP contribution in [0.15, 0.2) is 12.1 Å². The van der Waals surface area contributed by atoms with Crippen LogP contribution in [0, 0.1) is 6.92 Å². The summed E-state index contributed by atoms with van der Waals surface area (Å²) >= 11 is 1.79. The van der Waals surface area contributed by atoms with Crippen molar-refractivity contribution < 1.29 is 4.74 Å². The zero-order valence-electron chi connectivity index (χ0n) is 11.1. The van der Waals surface area contributed by atoms with E-state index in [1.807, 2.05) is 19.1 Å². The largest absolute Gasteiger partial charge is 0.491 e. The van der Waals surface area contributed by atoms with E-state index in [2.05, 4.69) is 30.4 Å². The van der Waals surface area contributed by atoms with E-state index in [-0.39, 0.29) is 0 Å². The molecule has 1 N–H and O–H groups in total. The summed E-state index contributed by atoms with van der Waals surface area (Å²) in [5.41, 5.74) is 2.03. The van der Waals surface area contributed by atoms with Crippen molar-refractivity contribution >= 4 is 11.8 Å². The third kappa shape index (κ3) is 5.41. The van der Waals surface area contributed by atoms with Crippen LogP contribution in [0.4, 0.5) is 0 Å². The molecule has 0 atom stereocenters. The second kappa shape index (κ2) is 7.56. The Kier molecular flexibility index (Phi) is 6.37. The Bertz CT molecular complexity index is 342. The van der Waals surface area contributed by atoms with Gasteiger partial charge in [0.05, 0.1) is 12.3 Å². The number of thioether (sulfide) groups is 1. The molecule has 0 spiro atoms. The molecule has 17 heavy (non-hydrogen) atoms. The summed E-state index contributed by atoms with van der Waals surface area (Å²) in [6, 6.07) is 4.46. The van der Waals surface area contributed by atoms with Gasteiger partial charge in [-0.25, -0.2) is 0 Å². The summed E-state index contributed by atoms with van der Waals surface area (Å²) in [6.45, 7) is 7.76. The minimum absolute atomic E-state index is 0.455. The maximum Gasteiger partial charge on any atom is 0.142 e. The quantitative estimate of drug-likeness (QED) is 0.759. The van der Waals surface area contributed by atoms with Crippen molar-refractivity contribution in [2.75, 3.05) is 18.6 Å². The molecule has 1 aromatic heterocycles. The molecule has 0 aromatic carbocycles. The highest BCUT2D eigenvalue weighted by Gasteiger charge is 2.06. The number of rotatable bonds is 7. The van der Waals surface area contributed by atoms with Crippen LogP contribution in [0.2, 0.25) is 0 Å². The van der Waals surface area contributed by atoms with Crippen molar-refractivity contribution in [1.29, 1.82) is 0 Å². The molecule has 1 heterocycles. The molecular formula is C13H22N2OS. The molecule has 4 heteroatoms. The van der Waals surface area contributed by atoms with E-state index in [1.54, 1.807) is 11.8 Å². The number of hydrogen-bond acceptors (Lipinski definition) is 4. The highest BCUT2D eigenvalue weighted by Crippen LogP contribution is 2.17. The van der Waals surface area contributed by atoms with Gasteiger partial charge >= 0.3 is 0 Å². The smallest absolute Gasteiger partial charge is 0.142 e. The van der Waals surface area contributed by atoms with E-state index in [1.165, 1.54) is 0 Å². The molecule has 0 saturated heterocycles. The van der Waals surface area contributed by atoms with E-state index < -0.39 is 0 Å². The van der Waals surface area contributed by atoms with Gasteiger partial charge in [0, 0.05) is 24.0 Å². The number of hydrogen-bond donors (Lipinski definition) is 1. The summed E-state index contributed by atoms with van der Waals surface area (Å²) in [7, 11) is 0. The zero-order chi connectivity index (χ0) is 12.7. The fraction of sp³-hybridized carbons (Fsp3) is 0.615. The Labute approximate surface area is 108 Å². The second-order valence-corrected chi connectivity index (χ2v) is 5.26. The molecule has 0 aliphatic carbocycles. The standard InChI is InChI=1S/C13H22N2OS/c1-10(2)14-9-12-13(16-7-8-17-4)6-5-11(3)15-12/h5-6,10,14H,7-9H2,1-4H3. The Hall–Kier alpha value is -0.740. The van der Waals surface area contributed by atoms with Crippen LogP contribution in [0.1, 0.15) is 25.2 Å². The van der Waals surface area contributed by atoms with Gasteiger partial charge in [-0.05, 0) is 25.3 Å². The van der Waals surface area contributed by atoms with E-state index in [4.69, 9.17) is 4.74 Å². The Balaban J connectivity index is 2.66. The van der Waals surface area contributed by atoms with Crippen LogP contribution in [-0.2, 0) is 6.54 Å². The lowest BCUT2D eigenvalue weighted by Crippen LogP contribution is -2.23. The highest BCUT2D eigenvalue weighted by atomic mass is 32.2. The number of ether oxygens (including phenoxy) is 1. The van der Waals surface area contributed by atoms with Gasteiger partial charge in [-0.3, -0.25) is 4.98 Å².